The van der Waals surface area contributed by atoms with Crippen molar-refractivity contribution in [1.82, 2.24) is 14.9 Å². The van der Waals surface area contributed by atoms with Crippen LogP contribution in [-0.4, -0.2) is 21.5 Å². The van der Waals surface area contributed by atoms with Crippen molar-refractivity contribution in [3.05, 3.63) is 29.6 Å². The Balaban J connectivity index is 1.85. The molecule has 1 atom stereocenters. The number of fused-ring (bicyclic) bond motifs is 1. The molecule has 1 unspecified atom stereocenters. The van der Waals surface area contributed by atoms with E-state index in [0.29, 0.717) is 6.04 Å². The SMILES string of the molecule is Cc1cc2ncn(C(C)C(=O)NC3CCCC3)c2cc1C. The minimum atomic E-state index is -0.224. The van der Waals surface area contributed by atoms with Crippen LogP contribution in [0.1, 0.15) is 49.8 Å². The lowest BCUT2D eigenvalue weighted by Crippen LogP contribution is -2.37. The maximum atomic E-state index is 12.4. The van der Waals surface area contributed by atoms with Crippen LogP contribution < -0.4 is 5.32 Å². The summed E-state index contributed by atoms with van der Waals surface area (Å²) in [5.74, 6) is 0.0967. The van der Waals surface area contributed by atoms with Gasteiger partial charge in [0.2, 0.25) is 5.91 Å². The molecule has 1 heterocycles. The highest BCUT2D eigenvalue weighted by Gasteiger charge is 2.22. The van der Waals surface area contributed by atoms with E-state index in [2.05, 4.69) is 36.3 Å². The van der Waals surface area contributed by atoms with Crippen molar-refractivity contribution in [1.29, 1.82) is 0 Å². The van der Waals surface area contributed by atoms with Crippen LogP contribution in [0.5, 0.6) is 0 Å². The highest BCUT2D eigenvalue weighted by Crippen LogP contribution is 2.23. The summed E-state index contributed by atoms with van der Waals surface area (Å²) in [7, 11) is 0. The van der Waals surface area contributed by atoms with Crippen LogP contribution in [0.25, 0.3) is 11.0 Å². The zero-order chi connectivity index (χ0) is 15.0. The van der Waals surface area contributed by atoms with E-state index in [1.807, 2.05) is 11.5 Å². The molecule has 0 aliphatic heterocycles. The third-order valence-electron chi connectivity index (χ3n) is 4.69. The van der Waals surface area contributed by atoms with Crippen LogP contribution in [0.15, 0.2) is 18.5 Å². The number of carbonyl (C=O) groups excluding carboxylic acids is 1. The Morgan fingerprint density at radius 3 is 2.67 bits per heavy atom. The Morgan fingerprint density at radius 1 is 1.29 bits per heavy atom. The summed E-state index contributed by atoms with van der Waals surface area (Å²) in [5, 5.41) is 3.17. The van der Waals surface area contributed by atoms with Crippen LogP contribution in [0.3, 0.4) is 0 Å². The molecular weight excluding hydrogens is 262 g/mol. The summed E-state index contributed by atoms with van der Waals surface area (Å²) in [6.45, 7) is 6.12. The largest absolute Gasteiger partial charge is 0.352 e. The summed E-state index contributed by atoms with van der Waals surface area (Å²) >= 11 is 0. The molecule has 1 amide bonds. The average molecular weight is 285 g/mol. The minimum Gasteiger partial charge on any atom is -0.352 e. The van der Waals surface area contributed by atoms with Crippen molar-refractivity contribution in [2.75, 3.05) is 0 Å². The molecule has 0 saturated heterocycles. The molecule has 0 radical (unpaired) electrons. The van der Waals surface area contributed by atoms with Gasteiger partial charge in [0.05, 0.1) is 17.4 Å². The average Bonchev–Trinajstić information content (AvgIpc) is 3.08. The Morgan fingerprint density at radius 2 is 1.95 bits per heavy atom. The van der Waals surface area contributed by atoms with Crippen molar-refractivity contribution < 1.29 is 4.79 Å². The molecule has 1 fully saturated rings. The van der Waals surface area contributed by atoms with Gasteiger partial charge >= 0.3 is 0 Å². The predicted octanol–water partition coefficient (Wildman–Crippen LogP) is 3.27. The zero-order valence-corrected chi connectivity index (χ0v) is 13.0. The fourth-order valence-corrected chi connectivity index (χ4v) is 3.11. The van der Waals surface area contributed by atoms with Crippen molar-refractivity contribution in [2.24, 2.45) is 0 Å². The van der Waals surface area contributed by atoms with Gasteiger partial charge in [-0.2, -0.15) is 0 Å². The molecule has 1 aliphatic carbocycles. The molecule has 1 aliphatic rings. The fourth-order valence-electron chi connectivity index (χ4n) is 3.11. The lowest BCUT2D eigenvalue weighted by Gasteiger charge is -2.18. The summed E-state index contributed by atoms with van der Waals surface area (Å²) in [6.07, 6.45) is 6.46. The molecule has 0 bridgehead atoms. The number of nitrogens with one attached hydrogen (secondary N) is 1. The summed E-state index contributed by atoms with van der Waals surface area (Å²) in [5.41, 5.74) is 4.45. The van der Waals surface area contributed by atoms with Crippen LogP contribution >= 0.6 is 0 Å². The lowest BCUT2D eigenvalue weighted by atomic mass is 10.1. The summed E-state index contributed by atoms with van der Waals surface area (Å²) in [4.78, 5) is 16.9. The molecule has 4 heteroatoms. The first kappa shape index (κ1) is 14.1. The molecule has 2 aromatic rings. The number of hydrogen-bond acceptors (Lipinski definition) is 2. The fraction of sp³-hybridized carbons (Fsp3) is 0.529. The van der Waals surface area contributed by atoms with E-state index in [0.717, 1.165) is 23.9 Å². The summed E-state index contributed by atoms with van der Waals surface area (Å²) in [6, 6.07) is 4.34. The number of benzene rings is 1. The molecular formula is C17H23N3O. The van der Waals surface area contributed by atoms with E-state index in [1.165, 1.54) is 24.0 Å². The molecule has 21 heavy (non-hydrogen) atoms. The Hall–Kier alpha value is -1.84. The van der Waals surface area contributed by atoms with E-state index in [9.17, 15) is 4.79 Å². The van der Waals surface area contributed by atoms with Gasteiger partial charge in [-0.3, -0.25) is 4.79 Å². The van der Waals surface area contributed by atoms with Crippen LogP contribution in [-0.2, 0) is 4.79 Å². The number of aryl methyl sites for hydroxylation is 2. The van der Waals surface area contributed by atoms with Gasteiger partial charge in [0.25, 0.3) is 0 Å². The van der Waals surface area contributed by atoms with Gasteiger partial charge in [-0.1, -0.05) is 12.8 Å². The second-order valence-electron chi connectivity index (χ2n) is 6.24. The maximum absolute atomic E-state index is 12.4. The van der Waals surface area contributed by atoms with E-state index >= 15 is 0 Å². The van der Waals surface area contributed by atoms with Gasteiger partial charge in [0, 0.05) is 6.04 Å². The number of hydrogen-bond donors (Lipinski definition) is 1. The molecule has 112 valence electrons. The predicted molar refractivity (Wildman–Crippen MR) is 84.3 cm³/mol. The quantitative estimate of drug-likeness (QED) is 0.940. The highest BCUT2D eigenvalue weighted by molar-refractivity contribution is 5.84. The number of aromatic nitrogens is 2. The number of rotatable bonds is 3. The second-order valence-corrected chi connectivity index (χ2v) is 6.24. The van der Waals surface area contributed by atoms with Gasteiger partial charge in [-0.15, -0.1) is 0 Å². The van der Waals surface area contributed by atoms with Gasteiger partial charge in [0.1, 0.15) is 6.04 Å². The van der Waals surface area contributed by atoms with E-state index in [4.69, 9.17) is 0 Å². The second kappa shape index (κ2) is 5.51. The van der Waals surface area contributed by atoms with Gasteiger partial charge in [-0.25, -0.2) is 4.98 Å². The lowest BCUT2D eigenvalue weighted by molar-refractivity contribution is -0.124. The van der Waals surface area contributed by atoms with Crippen molar-refractivity contribution >= 4 is 16.9 Å². The standard InChI is InChI=1S/C17H23N3O/c1-11-8-15-16(9-12(11)2)20(10-18-15)13(3)17(21)19-14-6-4-5-7-14/h8-10,13-14H,4-7H2,1-3H3,(H,19,21). The molecule has 1 saturated carbocycles. The van der Waals surface area contributed by atoms with Crippen LogP contribution in [0, 0.1) is 13.8 Å². The topological polar surface area (TPSA) is 46.9 Å². The van der Waals surface area contributed by atoms with Crippen LogP contribution in [0.4, 0.5) is 0 Å². The monoisotopic (exact) mass is 285 g/mol. The minimum absolute atomic E-state index is 0.0967. The molecule has 0 spiro atoms. The first-order valence-corrected chi connectivity index (χ1v) is 7.80. The van der Waals surface area contributed by atoms with Crippen LogP contribution in [0.2, 0.25) is 0 Å². The first-order valence-electron chi connectivity index (χ1n) is 7.80. The van der Waals surface area contributed by atoms with Gasteiger partial charge in [0.15, 0.2) is 0 Å². The van der Waals surface area contributed by atoms with Crippen molar-refractivity contribution in [3.63, 3.8) is 0 Å². The Labute approximate surface area is 125 Å². The number of nitrogens with zero attached hydrogens (tertiary/aromatic N) is 2. The molecule has 4 nitrogen and oxygen atoms in total. The summed E-state index contributed by atoms with van der Waals surface area (Å²) < 4.78 is 1.98. The molecule has 1 N–H and O–H groups in total. The number of carbonyl (C=O) groups is 1. The molecule has 1 aromatic heterocycles. The van der Waals surface area contributed by atoms with E-state index < -0.39 is 0 Å². The third-order valence-corrected chi connectivity index (χ3v) is 4.69. The van der Waals surface area contributed by atoms with Gasteiger partial charge < -0.3 is 9.88 Å². The highest BCUT2D eigenvalue weighted by atomic mass is 16.2. The normalized spacial score (nSPS) is 17.3. The zero-order valence-electron chi connectivity index (χ0n) is 13.0. The molecule has 3 rings (SSSR count). The van der Waals surface area contributed by atoms with Crippen molar-refractivity contribution in [2.45, 2.75) is 58.5 Å². The smallest absolute Gasteiger partial charge is 0.243 e. The van der Waals surface area contributed by atoms with Crippen molar-refractivity contribution in [3.8, 4) is 0 Å². The van der Waals surface area contributed by atoms with Gasteiger partial charge in [-0.05, 0) is 56.9 Å². The van der Waals surface area contributed by atoms with E-state index in [1.54, 1.807) is 6.33 Å². The van der Waals surface area contributed by atoms with E-state index in [-0.39, 0.29) is 11.9 Å². The third kappa shape index (κ3) is 2.67. The Bertz CT molecular complexity index is 668. The Kier molecular flexibility index (Phi) is 3.70. The molecule has 1 aromatic carbocycles. The maximum Gasteiger partial charge on any atom is 0.243 e. The first-order chi connectivity index (χ1) is 10.1. The number of imidazole rings is 1. The number of amides is 1.